The van der Waals surface area contributed by atoms with Crippen LogP contribution in [0.15, 0.2) is 36.4 Å². The third-order valence-electron chi connectivity index (χ3n) is 4.40. The standard InChI is InChI=1S/C20H23ClFN5O2/c1-3-4-11-27-20(24-25-26-27)23-12-14-7-5-10-18(28-2)19(14)29-13-15-16(21)8-6-9-17(15)22/h5-10H,3-4,11-13H2,1-2H3,(H,23,24,26). The lowest BCUT2D eigenvalue weighted by atomic mass is 10.1. The zero-order valence-electron chi connectivity index (χ0n) is 16.4. The van der Waals surface area contributed by atoms with Gasteiger partial charge in [0.05, 0.1) is 12.1 Å². The van der Waals surface area contributed by atoms with Crippen molar-refractivity contribution in [3.8, 4) is 11.5 Å². The van der Waals surface area contributed by atoms with E-state index in [2.05, 4.69) is 27.8 Å². The lowest BCUT2D eigenvalue weighted by molar-refractivity contribution is 0.277. The Morgan fingerprint density at radius 1 is 1.21 bits per heavy atom. The molecule has 0 saturated heterocycles. The molecule has 1 aromatic heterocycles. The molecule has 0 unspecified atom stereocenters. The van der Waals surface area contributed by atoms with Crippen molar-refractivity contribution in [3.05, 3.63) is 58.4 Å². The van der Waals surface area contributed by atoms with Crippen molar-refractivity contribution in [2.75, 3.05) is 12.4 Å². The van der Waals surface area contributed by atoms with Crippen LogP contribution in [0.5, 0.6) is 11.5 Å². The summed E-state index contributed by atoms with van der Waals surface area (Å²) >= 11 is 6.11. The van der Waals surface area contributed by atoms with E-state index in [1.54, 1.807) is 30.0 Å². The molecule has 1 heterocycles. The van der Waals surface area contributed by atoms with Gasteiger partial charge in [0.15, 0.2) is 11.5 Å². The summed E-state index contributed by atoms with van der Waals surface area (Å²) < 4.78 is 27.2. The molecule has 7 nitrogen and oxygen atoms in total. The minimum absolute atomic E-state index is 0.0207. The molecule has 0 aliphatic carbocycles. The molecule has 0 saturated carbocycles. The maximum atomic E-state index is 14.1. The molecule has 29 heavy (non-hydrogen) atoms. The van der Waals surface area contributed by atoms with Gasteiger partial charge >= 0.3 is 0 Å². The zero-order valence-corrected chi connectivity index (χ0v) is 17.1. The summed E-state index contributed by atoms with van der Waals surface area (Å²) in [5, 5.41) is 15.3. The number of hydrogen-bond donors (Lipinski definition) is 1. The van der Waals surface area contributed by atoms with Crippen LogP contribution in [0.3, 0.4) is 0 Å². The fraction of sp³-hybridized carbons (Fsp3) is 0.350. The van der Waals surface area contributed by atoms with Crippen molar-refractivity contribution < 1.29 is 13.9 Å². The third kappa shape index (κ3) is 5.14. The lowest BCUT2D eigenvalue weighted by Gasteiger charge is -2.16. The maximum Gasteiger partial charge on any atom is 0.243 e. The number of ether oxygens (including phenoxy) is 2. The van der Waals surface area contributed by atoms with Crippen molar-refractivity contribution in [1.29, 1.82) is 0 Å². The van der Waals surface area contributed by atoms with Crippen LogP contribution >= 0.6 is 11.6 Å². The fourth-order valence-corrected chi connectivity index (χ4v) is 3.02. The fourth-order valence-electron chi connectivity index (χ4n) is 2.80. The summed E-state index contributed by atoms with van der Waals surface area (Å²) in [5.41, 5.74) is 1.12. The van der Waals surface area contributed by atoms with Gasteiger partial charge in [-0.15, -0.1) is 0 Å². The second-order valence-electron chi connectivity index (χ2n) is 6.37. The van der Waals surface area contributed by atoms with Crippen LogP contribution in [0.1, 0.15) is 30.9 Å². The Morgan fingerprint density at radius 3 is 2.79 bits per heavy atom. The van der Waals surface area contributed by atoms with E-state index in [0.29, 0.717) is 34.6 Å². The first-order valence-corrected chi connectivity index (χ1v) is 9.73. The second-order valence-corrected chi connectivity index (χ2v) is 6.78. The molecule has 1 N–H and O–H groups in total. The van der Waals surface area contributed by atoms with Gasteiger partial charge in [-0.3, -0.25) is 0 Å². The molecular formula is C20H23ClFN5O2. The van der Waals surface area contributed by atoms with Gasteiger partial charge in [-0.25, -0.2) is 9.07 Å². The third-order valence-corrected chi connectivity index (χ3v) is 4.75. The average molecular weight is 420 g/mol. The molecule has 0 aliphatic rings. The van der Waals surface area contributed by atoms with Gasteiger partial charge < -0.3 is 14.8 Å². The molecule has 0 fully saturated rings. The Kier molecular flexibility index (Phi) is 7.24. The molecule has 3 rings (SSSR count). The Labute approximate surface area is 173 Å². The van der Waals surface area contributed by atoms with E-state index in [1.165, 1.54) is 6.07 Å². The van der Waals surface area contributed by atoms with Gasteiger partial charge in [-0.1, -0.05) is 48.2 Å². The Morgan fingerprint density at radius 2 is 2.03 bits per heavy atom. The SMILES string of the molecule is CCCCn1nnnc1NCc1cccc(OC)c1OCc1c(F)cccc1Cl. The number of hydrogen-bond acceptors (Lipinski definition) is 6. The minimum atomic E-state index is -0.415. The van der Waals surface area contributed by atoms with E-state index in [1.807, 2.05) is 12.1 Å². The molecule has 0 atom stereocenters. The van der Waals surface area contributed by atoms with Crippen LogP contribution in [0.4, 0.5) is 10.3 Å². The molecule has 9 heteroatoms. The van der Waals surface area contributed by atoms with E-state index in [9.17, 15) is 4.39 Å². The number of unbranched alkanes of at least 4 members (excludes halogenated alkanes) is 1. The van der Waals surface area contributed by atoms with Gasteiger partial charge in [0.2, 0.25) is 5.95 Å². The zero-order chi connectivity index (χ0) is 20.6. The van der Waals surface area contributed by atoms with E-state index in [-0.39, 0.29) is 6.61 Å². The number of halogens is 2. The number of aryl methyl sites for hydroxylation is 1. The number of nitrogens with zero attached hydrogens (tertiary/aromatic N) is 4. The molecule has 0 bridgehead atoms. The molecule has 0 spiro atoms. The number of aromatic nitrogens is 4. The smallest absolute Gasteiger partial charge is 0.243 e. The van der Waals surface area contributed by atoms with Crippen molar-refractivity contribution in [1.82, 2.24) is 20.2 Å². The van der Waals surface area contributed by atoms with Crippen LogP contribution in [0.25, 0.3) is 0 Å². The second kappa shape index (κ2) is 10.1. The highest BCUT2D eigenvalue weighted by Crippen LogP contribution is 2.33. The number of benzene rings is 2. The molecule has 0 radical (unpaired) electrons. The maximum absolute atomic E-state index is 14.1. The van der Waals surface area contributed by atoms with Crippen LogP contribution in [-0.4, -0.2) is 27.3 Å². The molecule has 154 valence electrons. The highest BCUT2D eigenvalue weighted by atomic mass is 35.5. The van der Waals surface area contributed by atoms with E-state index in [0.717, 1.165) is 24.9 Å². The highest BCUT2D eigenvalue weighted by molar-refractivity contribution is 6.31. The molecule has 3 aromatic rings. The quantitative estimate of drug-likeness (QED) is 0.522. The predicted octanol–water partition coefficient (Wildman–Crippen LogP) is 4.47. The van der Waals surface area contributed by atoms with Gasteiger partial charge in [-0.2, -0.15) is 0 Å². The number of tetrazole rings is 1. The van der Waals surface area contributed by atoms with Crippen molar-refractivity contribution in [2.45, 2.75) is 39.5 Å². The van der Waals surface area contributed by atoms with Crippen LogP contribution in [0.2, 0.25) is 5.02 Å². The first-order chi connectivity index (χ1) is 14.1. The number of nitrogens with one attached hydrogen (secondary N) is 1. The summed E-state index contributed by atoms with van der Waals surface area (Å²) in [6, 6.07) is 10.1. The van der Waals surface area contributed by atoms with Gasteiger partial charge in [-0.05, 0) is 35.0 Å². The van der Waals surface area contributed by atoms with E-state index >= 15 is 0 Å². The monoisotopic (exact) mass is 419 g/mol. The summed E-state index contributed by atoms with van der Waals surface area (Å²) in [5.74, 6) is 1.21. The Bertz CT molecular complexity index is 930. The summed E-state index contributed by atoms with van der Waals surface area (Å²) in [6.07, 6.45) is 2.03. The van der Waals surface area contributed by atoms with E-state index in [4.69, 9.17) is 21.1 Å². The number of para-hydroxylation sites is 1. The molecule has 2 aromatic carbocycles. The summed E-state index contributed by atoms with van der Waals surface area (Å²) in [4.78, 5) is 0. The molecule has 0 aliphatic heterocycles. The number of anilines is 1. The minimum Gasteiger partial charge on any atom is -0.493 e. The number of methoxy groups -OCH3 is 1. The van der Waals surface area contributed by atoms with Gasteiger partial charge in [0, 0.05) is 24.2 Å². The van der Waals surface area contributed by atoms with Crippen molar-refractivity contribution in [3.63, 3.8) is 0 Å². The summed E-state index contributed by atoms with van der Waals surface area (Å²) in [6.45, 7) is 3.23. The van der Waals surface area contributed by atoms with E-state index < -0.39 is 5.82 Å². The Hall–Kier alpha value is -2.87. The predicted molar refractivity (Wildman–Crippen MR) is 109 cm³/mol. The number of rotatable bonds is 10. The normalized spacial score (nSPS) is 10.8. The first-order valence-electron chi connectivity index (χ1n) is 9.35. The summed E-state index contributed by atoms with van der Waals surface area (Å²) in [7, 11) is 1.56. The molecule has 0 amide bonds. The Balaban J connectivity index is 1.77. The largest absolute Gasteiger partial charge is 0.493 e. The van der Waals surface area contributed by atoms with Crippen molar-refractivity contribution >= 4 is 17.5 Å². The average Bonchev–Trinajstić information content (AvgIpc) is 3.18. The van der Waals surface area contributed by atoms with Crippen LogP contribution in [0, 0.1) is 5.82 Å². The lowest BCUT2D eigenvalue weighted by Crippen LogP contribution is -2.10. The van der Waals surface area contributed by atoms with Gasteiger partial charge in [0.25, 0.3) is 0 Å². The van der Waals surface area contributed by atoms with Crippen LogP contribution in [-0.2, 0) is 19.7 Å². The highest BCUT2D eigenvalue weighted by Gasteiger charge is 2.15. The first kappa shape index (κ1) is 20.9. The van der Waals surface area contributed by atoms with Crippen molar-refractivity contribution in [2.24, 2.45) is 0 Å². The van der Waals surface area contributed by atoms with Crippen LogP contribution < -0.4 is 14.8 Å². The van der Waals surface area contributed by atoms with Gasteiger partial charge in [0.1, 0.15) is 12.4 Å². The molecular weight excluding hydrogens is 397 g/mol. The topological polar surface area (TPSA) is 74.1 Å².